The molecule has 2 N–H and O–H groups in total. The molecule has 0 bridgehead atoms. The van der Waals surface area contributed by atoms with Crippen molar-refractivity contribution in [2.75, 3.05) is 11.9 Å². The summed E-state index contributed by atoms with van der Waals surface area (Å²) in [6.45, 7) is 6.14. The van der Waals surface area contributed by atoms with Gasteiger partial charge in [0.25, 0.3) is 0 Å². The fourth-order valence-electron chi connectivity index (χ4n) is 2.02. The number of ether oxygens (including phenoxy) is 1. The minimum absolute atomic E-state index is 0.120. The second kappa shape index (κ2) is 8.62. The molecule has 0 aliphatic heterocycles. The monoisotopic (exact) mass is 356 g/mol. The topological polar surface area (TPSA) is 50.4 Å². The minimum Gasteiger partial charge on any atom is -0.493 e. The van der Waals surface area contributed by atoms with Crippen LogP contribution < -0.4 is 15.4 Å². The summed E-state index contributed by atoms with van der Waals surface area (Å²) in [5, 5.41) is 5.97. The number of nitrogens with one attached hydrogen (secondary N) is 2. The number of benzene rings is 2. The predicted octanol–water partition coefficient (Wildman–Crippen LogP) is 4.17. The van der Waals surface area contributed by atoms with Crippen molar-refractivity contribution in [1.82, 2.24) is 5.32 Å². The van der Waals surface area contributed by atoms with Gasteiger partial charge in [-0.05, 0) is 42.0 Å². The van der Waals surface area contributed by atoms with E-state index in [0.717, 1.165) is 17.9 Å². The number of thiocarbonyl (C=S) groups is 1. The number of anilines is 1. The number of rotatable bonds is 5. The summed E-state index contributed by atoms with van der Waals surface area (Å²) in [6, 6.07) is 17.7. The van der Waals surface area contributed by atoms with Gasteiger partial charge in [-0.15, -0.1) is 0 Å². The summed E-state index contributed by atoms with van der Waals surface area (Å²) in [4.78, 5) is 11.9. The highest BCUT2D eigenvalue weighted by Crippen LogP contribution is 2.17. The summed E-state index contributed by atoms with van der Waals surface area (Å²) < 4.78 is 5.75. The van der Waals surface area contributed by atoms with E-state index in [1.165, 1.54) is 5.56 Å². The molecule has 0 saturated carbocycles. The van der Waals surface area contributed by atoms with Crippen molar-refractivity contribution < 1.29 is 9.53 Å². The van der Waals surface area contributed by atoms with E-state index in [1.54, 1.807) is 0 Å². The number of carbonyl (C=O) groups excluding carboxylic acids is 1. The molecule has 0 heterocycles. The summed E-state index contributed by atoms with van der Waals surface area (Å²) in [7, 11) is 0. The van der Waals surface area contributed by atoms with Crippen molar-refractivity contribution in [2.45, 2.75) is 27.2 Å². The SMILES string of the molecule is CC(C)(C)C(=O)NC(=S)Nc1ccc(OCCc2ccccc2)cc1. The molecule has 1 amide bonds. The van der Waals surface area contributed by atoms with Crippen LogP contribution in [0.4, 0.5) is 5.69 Å². The Bertz CT molecular complexity index is 707. The molecule has 25 heavy (non-hydrogen) atoms. The van der Waals surface area contributed by atoms with Crippen LogP contribution in [0.5, 0.6) is 5.75 Å². The first-order chi connectivity index (χ1) is 11.8. The molecule has 0 aromatic heterocycles. The lowest BCUT2D eigenvalue weighted by Crippen LogP contribution is -2.41. The summed E-state index contributed by atoms with van der Waals surface area (Å²) in [5.41, 5.74) is 1.57. The maximum absolute atomic E-state index is 11.9. The van der Waals surface area contributed by atoms with Gasteiger partial charge in [-0.2, -0.15) is 0 Å². The van der Waals surface area contributed by atoms with Gasteiger partial charge in [0.15, 0.2) is 5.11 Å². The zero-order chi connectivity index (χ0) is 18.3. The molecule has 2 aromatic rings. The Balaban J connectivity index is 1.79. The summed E-state index contributed by atoms with van der Waals surface area (Å²) in [5.74, 6) is 0.678. The molecule has 0 atom stereocenters. The van der Waals surface area contributed by atoms with Gasteiger partial charge in [-0.1, -0.05) is 51.1 Å². The minimum atomic E-state index is -0.484. The van der Waals surface area contributed by atoms with Crippen molar-refractivity contribution in [3.05, 3.63) is 60.2 Å². The van der Waals surface area contributed by atoms with Gasteiger partial charge < -0.3 is 15.4 Å². The fourth-order valence-corrected chi connectivity index (χ4v) is 2.23. The highest BCUT2D eigenvalue weighted by Gasteiger charge is 2.21. The van der Waals surface area contributed by atoms with Gasteiger partial charge >= 0.3 is 0 Å². The third-order valence-corrected chi connectivity index (χ3v) is 3.73. The van der Waals surface area contributed by atoms with Gasteiger partial charge in [0.1, 0.15) is 5.75 Å². The Kier molecular flexibility index (Phi) is 6.53. The Labute approximate surface area is 154 Å². The fraction of sp³-hybridized carbons (Fsp3) is 0.300. The molecular formula is C20H24N2O2S. The molecule has 0 aliphatic rings. The largest absolute Gasteiger partial charge is 0.493 e. The predicted molar refractivity (Wildman–Crippen MR) is 106 cm³/mol. The molecule has 0 aliphatic carbocycles. The number of amides is 1. The highest BCUT2D eigenvalue weighted by atomic mass is 32.1. The van der Waals surface area contributed by atoms with Gasteiger partial charge in [0, 0.05) is 17.5 Å². The van der Waals surface area contributed by atoms with Gasteiger partial charge in [0.2, 0.25) is 5.91 Å². The molecule has 0 unspecified atom stereocenters. The lowest BCUT2D eigenvalue weighted by atomic mass is 9.96. The molecule has 132 valence electrons. The second-order valence-corrected chi connectivity index (χ2v) is 7.17. The lowest BCUT2D eigenvalue weighted by Gasteiger charge is -2.18. The average Bonchev–Trinajstić information content (AvgIpc) is 2.56. The van der Waals surface area contributed by atoms with Gasteiger partial charge in [-0.25, -0.2) is 0 Å². The van der Waals surface area contributed by atoms with E-state index in [9.17, 15) is 4.79 Å². The Morgan fingerprint density at radius 2 is 1.68 bits per heavy atom. The number of hydrogen-bond acceptors (Lipinski definition) is 3. The smallest absolute Gasteiger partial charge is 0.231 e. The van der Waals surface area contributed by atoms with Crippen LogP contribution >= 0.6 is 12.2 Å². The van der Waals surface area contributed by atoms with Crippen LogP contribution in [0.2, 0.25) is 0 Å². The normalized spacial score (nSPS) is 10.8. The first kappa shape index (κ1) is 18.9. The third kappa shape index (κ3) is 6.55. The Morgan fingerprint density at radius 3 is 2.28 bits per heavy atom. The van der Waals surface area contributed by atoms with E-state index in [2.05, 4.69) is 22.8 Å². The molecule has 0 saturated heterocycles. The van der Waals surface area contributed by atoms with Crippen molar-refractivity contribution in [3.8, 4) is 5.75 Å². The quantitative estimate of drug-likeness (QED) is 0.790. The van der Waals surface area contributed by atoms with E-state index >= 15 is 0 Å². The molecule has 5 heteroatoms. The van der Waals surface area contributed by atoms with Crippen molar-refractivity contribution in [3.63, 3.8) is 0 Å². The van der Waals surface area contributed by atoms with Crippen molar-refractivity contribution >= 4 is 28.9 Å². The van der Waals surface area contributed by atoms with Crippen LogP contribution in [0.1, 0.15) is 26.3 Å². The van der Waals surface area contributed by atoms with E-state index in [-0.39, 0.29) is 11.0 Å². The van der Waals surface area contributed by atoms with Crippen LogP contribution in [0.3, 0.4) is 0 Å². The molecular weight excluding hydrogens is 332 g/mol. The first-order valence-corrected chi connectivity index (χ1v) is 8.64. The van der Waals surface area contributed by atoms with Gasteiger partial charge in [0.05, 0.1) is 6.61 Å². The third-order valence-electron chi connectivity index (χ3n) is 3.52. The highest BCUT2D eigenvalue weighted by molar-refractivity contribution is 7.80. The molecule has 4 nitrogen and oxygen atoms in total. The van der Waals surface area contributed by atoms with Crippen LogP contribution in [0.25, 0.3) is 0 Å². The molecule has 0 radical (unpaired) electrons. The average molecular weight is 356 g/mol. The van der Waals surface area contributed by atoms with Crippen LogP contribution in [0.15, 0.2) is 54.6 Å². The Morgan fingerprint density at radius 1 is 1.04 bits per heavy atom. The molecule has 2 aromatic carbocycles. The van der Waals surface area contributed by atoms with E-state index in [1.807, 2.05) is 63.2 Å². The maximum Gasteiger partial charge on any atom is 0.231 e. The summed E-state index contributed by atoms with van der Waals surface area (Å²) in [6.07, 6.45) is 0.865. The van der Waals surface area contributed by atoms with E-state index in [0.29, 0.717) is 6.61 Å². The molecule has 0 fully saturated rings. The molecule has 2 rings (SSSR count). The number of hydrogen-bond donors (Lipinski definition) is 2. The van der Waals surface area contributed by atoms with Crippen LogP contribution in [-0.2, 0) is 11.2 Å². The zero-order valence-electron chi connectivity index (χ0n) is 14.8. The number of carbonyl (C=O) groups is 1. The van der Waals surface area contributed by atoms with Crippen LogP contribution in [0, 0.1) is 5.41 Å². The van der Waals surface area contributed by atoms with Crippen LogP contribution in [-0.4, -0.2) is 17.6 Å². The van der Waals surface area contributed by atoms with Crippen molar-refractivity contribution in [1.29, 1.82) is 0 Å². The van der Waals surface area contributed by atoms with Crippen molar-refractivity contribution in [2.24, 2.45) is 5.41 Å². The van der Waals surface area contributed by atoms with E-state index < -0.39 is 5.41 Å². The maximum atomic E-state index is 11.9. The Hall–Kier alpha value is -2.40. The zero-order valence-corrected chi connectivity index (χ0v) is 15.7. The molecule has 0 spiro atoms. The second-order valence-electron chi connectivity index (χ2n) is 6.77. The van der Waals surface area contributed by atoms with Gasteiger partial charge in [-0.3, -0.25) is 4.79 Å². The lowest BCUT2D eigenvalue weighted by molar-refractivity contribution is -0.126. The standard InChI is InChI=1S/C20H24N2O2S/c1-20(2,3)18(23)22-19(25)21-16-9-11-17(12-10-16)24-14-13-15-7-5-4-6-8-15/h4-12H,13-14H2,1-3H3,(H2,21,22,23,25). The summed E-state index contributed by atoms with van der Waals surface area (Å²) >= 11 is 5.16. The first-order valence-electron chi connectivity index (χ1n) is 8.24. The van der Waals surface area contributed by atoms with E-state index in [4.69, 9.17) is 17.0 Å².